The number of hydrogen-bond acceptors (Lipinski definition) is 4. The third-order valence-electron chi connectivity index (χ3n) is 4.86. The number of thiazole rings is 1. The zero-order valence-corrected chi connectivity index (χ0v) is 14.1. The summed E-state index contributed by atoms with van der Waals surface area (Å²) in [6, 6.07) is 8.17. The van der Waals surface area contributed by atoms with Crippen LogP contribution in [-0.2, 0) is 11.2 Å². The van der Waals surface area contributed by atoms with Gasteiger partial charge in [-0.05, 0) is 30.4 Å². The highest BCUT2D eigenvalue weighted by Gasteiger charge is 2.39. The van der Waals surface area contributed by atoms with Crippen LogP contribution in [0, 0.1) is 5.92 Å². The molecule has 5 heteroatoms. The summed E-state index contributed by atoms with van der Waals surface area (Å²) >= 11 is 1.60. The summed E-state index contributed by atoms with van der Waals surface area (Å²) in [6.45, 7) is 4.01. The molecule has 3 heterocycles. The van der Waals surface area contributed by atoms with E-state index < -0.39 is 0 Å². The molecule has 0 N–H and O–H groups in total. The van der Waals surface area contributed by atoms with Crippen molar-refractivity contribution in [2.75, 3.05) is 18.0 Å². The molecule has 2 atom stereocenters. The molecule has 1 aromatic carbocycles. The van der Waals surface area contributed by atoms with Gasteiger partial charge in [-0.1, -0.05) is 25.1 Å². The van der Waals surface area contributed by atoms with Gasteiger partial charge in [-0.3, -0.25) is 4.79 Å². The lowest BCUT2D eigenvalue weighted by atomic mass is 9.99. The topological polar surface area (TPSA) is 36.4 Å². The first kappa shape index (κ1) is 14.7. The third kappa shape index (κ3) is 2.63. The normalized spacial score (nSPS) is 23.9. The van der Waals surface area contributed by atoms with Gasteiger partial charge in [0.15, 0.2) is 5.13 Å². The molecule has 4 rings (SSSR count). The van der Waals surface area contributed by atoms with E-state index in [9.17, 15) is 4.79 Å². The fraction of sp³-hybridized carbons (Fsp3) is 0.444. The van der Waals surface area contributed by atoms with E-state index >= 15 is 0 Å². The molecule has 2 aliphatic rings. The Morgan fingerprint density at radius 1 is 1.35 bits per heavy atom. The van der Waals surface area contributed by atoms with Gasteiger partial charge in [-0.25, -0.2) is 4.98 Å². The zero-order chi connectivity index (χ0) is 15.8. The lowest BCUT2D eigenvalue weighted by Crippen LogP contribution is -2.49. The van der Waals surface area contributed by atoms with E-state index in [0.717, 1.165) is 36.8 Å². The van der Waals surface area contributed by atoms with Crippen molar-refractivity contribution in [1.82, 2.24) is 9.88 Å². The number of nitrogens with zero attached hydrogens (tertiary/aromatic N) is 3. The van der Waals surface area contributed by atoms with Crippen LogP contribution >= 0.6 is 11.3 Å². The Bertz CT molecular complexity index is 700. The first-order valence-corrected chi connectivity index (χ1v) is 9.17. The van der Waals surface area contributed by atoms with E-state index in [4.69, 9.17) is 0 Å². The van der Waals surface area contributed by atoms with Crippen molar-refractivity contribution in [2.24, 2.45) is 5.92 Å². The highest BCUT2D eigenvalue weighted by Crippen LogP contribution is 2.39. The van der Waals surface area contributed by atoms with Crippen molar-refractivity contribution in [3.63, 3.8) is 0 Å². The first-order chi connectivity index (χ1) is 11.2. The second kappa shape index (κ2) is 5.96. The Balaban J connectivity index is 1.66. The molecule has 1 amide bonds. The minimum Gasteiger partial charge on any atom is -0.341 e. The number of rotatable bonds is 2. The van der Waals surface area contributed by atoms with E-state index in [1.165, 1.54) is 12.0 Å². The predicted molar refractivity (Wildman–Crippen MR) is 93.2 cm³/mol. The highest BCUT2D eigenvalue weighted by molar-refractivity contribution is 7.13. The van der Waals surface area contributed by atoms with E-state index in [-0.39, 0.29) is 11.9 Å². The molecule has 2 aromatic rings. The molecule has 2 aliphatic heterocycles. The number of carbonyl (C=O) groups excluding carboxylic acids is 1. The number of hydrogen-bond donors (Lipinski definition) is 0. The maximum atomic E-state index is 13.2. The number of anilines is 2. The van der Waals surface area contributed by atoms with Crippen LogP contribution in [0.3, 0.4) is 0 Å². The molecule has 0 aliphatic carbocycles. The molecule has 4 nitrogen and oxygen atoms in total. The van der Waals surface area contributed by atoms with Gasteiger partial charge < -0.3 is 9.80 Å². The first-order valence-electron chi connectivity index (χ1n) is 8.29. The van der Waals surface area contributed by atoms with E-state index in [1.807, 2.05) is 17.6 Å². The van der Waals surface area contributed by atoms with Gasteiger partial charge in [0, 0.05) is 36.8 Å². The van der Waals surface area contributed by atoms with Crippen LogP contribution in [0.2, 0.25) is 0 Å². The summed E-state index contributed by atoms with van der Waals surface area (Å²) < 4.78 is 0. The van der Waals surface area contributed by atoms with Crippen molar-refractivity contribution in [3.05, 3.63) is 41.4 Å². The zero-order valence-electron chi connectivity index (χ0n) is 13.3. The lowest BCUT2D eigenvalue weighted by Gasteiger charge is -2.35. The minimum atomic E-state index is -0.149. The van der Waals surface area contributed by atoms with Gasteiger partial charge in [0.2, 0.25) is 5.91 Å². The van der Waals surface area contributed by atoms with E-state index in [1.54, 1.807) is 11.3 Å². The SMILES string of the molecule is C[C@H]1CCCN(C(=O)[C@@H]2Cc3ccccc3N2c2nccs2)C1. The summed E-state index contributed by atoms with van der Waals surface area (Å²) in [5.41, 5.74) is 2.37. The van der Waals surface area contributed by atoms with Gasteiger partial charge in [0.1, 0.15) is 6.04 Å². The second-order valence-electron chi connectivity index (χ2n) is 6.56. The number of para-hydroxylation sites is 1. The largest absolute Gasteiger partial charge is 0.341 e. The molecule has 0 radical (unpaired) electrons. The summed E-state index contributed by atoms with van der Waals surface area (Å²) in [5, 5.41) is 2.89. The average molecular weight is 327 g/mol. The lowest BCUT2D eigenvalue weighted by molar-refractivity contribution is -0.134. The van der Waals surface area contributed by atoms with Crippen LogP contribution in [0.15, 0.2) is 35.8 Å². The Morgan fingerprint density at radius 3 is 3.00 bits per heavy atom. The van der Waals surface area contributed by atoms with Crippen LogP contribution in [0.25, 0.3) is 0 Å². The predicted octanol–water partition coefficient (Wildman–Crippen LogP) is 3.46. The average Bonchev–Trinajstić information content (AvgIpc) is 3.21. The third-order valence-corrected chi connectivity index (χ3v) is 5.63. The van der Waals surface area contributed by atoms with Gasteiger partial charge in [0.25, 0.3) is 0 Å². The molecule has 1 saturated heterocycles. The van der Waals surface area contributed by atoms with Gasteiger partial charge >= 0.3 is 0 Å². The number of carbonyl (C=O) groups is 1. The summed E-state index contributed by atoms with van der Waals surface area (Å²) in [6.07, 6.45) is 4.93. The van der Waals surface area contributed by atoms with Crippen molar-refractivity contribution in [3.8, 4) is 0 Å². The molecule has 0 unspecified atom stereocenters. The summed E-state index contributed by atoms with van der Waals surface area (Å²) in [4.78, 5) is 21.8. The fourth-order valence-electron chi connectivity index (χ4n) is 3.76. The minimum absolute atomic E-state index is 0.149. The van der Waals surface area contributed by atoms with E-state index in [0.29, 0.717) is 5.92 Å². The van der Waals surface area contributed by atoms with Crippen LogP contribution < -0.4 is 4.90 Å². The van der Waals surface area contributed by atoms with E-state index in [2.05, 4.69) is 39.9 Å². The van der Waals surface area contributed by atoms with Gasteiger partial charge in [-0.2, -0.15) is 0 Å². The Kier molecular flexibility index (Phi) is 3.81. The Hall–Kier alpha value is -1.88. The molecular weight excluding hydrogens is 306 g/mol. The number of piperidine rings is 1. The smallest absolute Gasteiger partial charge is 0.246 e. The monoisotopic (exact) mass is 327 g/mol. The van der Waals surface area contributed by atoms with Gasteiger partial charge in [0.05, 0.1) is 0 Å². The highest BCUT2D eigenvalue weighted by atomic mass is 32.1. The van der Waals surface area contributed by atoms with Crippen LogP contribution in [0.5, 0.6) is 0 Å². The molecule has 1 fully saturated rings. The quantitative estimate of drug-likeness (QED) is 0.847. The van der Waals surface area contributed by atoms with Crippen LogP contribution in [0.4, 0.5) is 10.8 Å². The Morgan fingerprint density at radius 2 is 2.22 bits per heavy atom. The molecule has 23 heavy (non-hydrogen) atoms. The maximum absolute atomic E-state index is 13.2. The molecular formula is C18H21N3OS. The summed E-state index contributed by atoms with van der Waals surface area (Å²) in [7, 11) is 0. The van der Waals surface area contributed by atoms with Crippen LogP contribution in [0.1, 0.15) is 25.3 Å². The second-order valence-corrected chi connectivity index (χ2v) is 7.44. The standard InChI is InChI=1S/C18H21N3OS/c1-13-5-4-9-20(12-13)17(22)16-11-14-6-2-3-7-15(14)21(16)18-19-8-10-23-18/h2-3,6-8,10,13,16H,4-5,9,11-12H2,1H3/t13-,16-/m0/s1. The molecule has 0 spiro atoms. The van der Waals surface area contributed by atoms with Gasteiger partial charge in [-0.15, -0.1) is 11.3 Å². The molecule has 0 saturated carbocycles. The van der Waals surface area contributed by atoms with Crippen molar-refractivity contribution in [2.45, 2.75) is 32.2 Å². The number of aromatic nitrogens is 1. The number of fused-ring (bicyclic) bond motifs is 1. The van der Waals surface area contributed by atoms with Crippen molar-refractivity contribution < 1.29 is 4.79 Å². The number of benzene rings is 1. The fourth-order valence-corrected chi connectivity index (χ4v) is 4.46. The summed E-state index contributed by atoms with van der Waals surface area (Å²) in [5.74, 6) is 0.854. The molecule has 1 aromatic heterocycles. The van der Waals surface area contributed by atoms with Crippen molar-refractivity contribution >= 4 is 28.1 Å². The molecule has 0 bridgehead atoms. The Labute approximate surface area is 140 Å². The maximum Gasteiger partial charge on any atom is 0.246 e. The number of likely N-dealkylation sites (tertiary alicyclic amines) is 1. The van der Waals surface area contributed by atoms with Crippen molar-refractivity contribution in [1.29, 1.82) is 0 Å². The molecule has 120 valence electrons. The van der Waals surface area contributed by atoms with Crippen LogP contribution in [-0.4, -0.2) is 34.9 Å². The number of amides is 1.